The van der Waals surface area contributed by atoms with E-state index in [9.17, 15) is 4.79 Å². The number of hydrogen-bond acceptors (Lipinski definition) is 4. The Labute approximate surface area is 210 Å². The lowest BCUT2D eigenvalue weighted by Gasteiger charge is -2.26. The van der Waals surface area contributed by atoms with E-state index in [1.165, 1.54) is 11.8 Å². The predicted octanol–water partition coefficient (Wildman–Crippen LogP) is 6.88. The van der Waals surface area contributed by atoms with E-state index in [1.54, 1.807) is 35.2 Å². The van der Waals surface area contributed by atoms with Gasteiger partial charge >= 0.3 is 0 Å². The summed E-state index contributed by atoms with van der Waals surface area (Å²) < 4.78 is 5.89. The van der Waals surface area contributed by atoms with Gasteiger partial charge in [-0.2, -0.15) is 4.99 Å². The van der Waals surface area contributed by atoms with Crippen molar-refractivity contribution in [3.05, 3.63) is 111 Å². The van der Waals surface area contributed by atoms with E-state index in [1.807, 2.05) is 53.9 Å². The quantitative estimate of drug-likeness (QED) is 0.384. The average Bonchev–Trinajstić information content (AvgIpc) is 3.26. The third-order valence-corrected chi connectivity index (χ3v) is 6.83. The largest absolute Gasteiger partial charge is 0.489 e. The Morgan fingerprint density at radius 2 is 1.74 bits per heavy atom. The number of hydrogen-bond donors (Lipinski definition) is 1. The number of ether oxygens (including phenoxy) is 1. The summed E-state index contributed by atoms with van der Waals surface area (Å²) in [4.78, 5) is 18.7. The molecule has 0 spiro atoms. The molecule has 2 aliphatic rings. The van der Waals surface area contributed by atoms with Crippen molar-refractivity contribution < 1.29 is 9.53 Å². The first-order valence-corrected chi connectivity index (χ1v) is 12.0. The van der Waals surface area contributed by atoms with E-state index < -0.39 is 5.91 Å². The fraction of sp³-hybridized carbons (Fsp3) is 0.0385. The molecule has 0 saturated carbocycles. The van der Waals surface area contributed by atoms with E-state index in [-0.39, 0.29) is 18.0 Å². The highest BCUT2D eigenvalue weighted by molar-refractivity contribution is 8.17. The van der Waals surface area contributed by atoms with Crippen LogP contribution in [0.2, 0.25) is 10.0 Å². The Kier molecular flexibility index (Phi) is 6.28. The number of benzene rings is 3. The SMILES string of the molecule is N=C1/C(=C/c2cccc(OCc3c(Cl)cccc3Cl)c2)C(=O)N=C2SC=C(c3ccccc3)N12. The number of nitrogens with zero attached hydrogens (tertiary/aromatic N) is 2. The molecule has 0 aromatic heterocycles. The van der Waals surface area contributed by atoms with Crippen molar-refractivity contribution in [2.24, 2.45) is 4.99 Å². The van der Waals surface area contributed by atoms with Crippen LogP contribution in [0.5, 0.6) is 5.75 Å². The summed E-state index contributed by atoms with van der Waals surface area (Å²) in [5.41, 5.74) is 3.40. The molecule has 0 bridgehead atoms. The third-order valence-electron chi connectivity index (χ3n) is 5.30. The fourth-order valence-corrected chi connectivity index (χ4v) is 5.00. The maximum Gasteiger partial charge on any atom is 0.283 e. The number of carbonyl (C=O) groups is 1. The van der Waals surface area contributed by atoms with Crippen molar-refractivity contribution in [2.75, 3.05) is 0 Å². The molecule has 3 aromatic carbocycles. The summed E-state index contributed by atoms with van der Waals surface area (Å²) in [5, 5.41) is 12.2. The lowest BCUT2D eigenvalue weighted by Crippen LogP contribution is -2.38. The molecule has 1 N–H and O–H groups in total. The van der Waals surface area contributed by atoms with Crippen molar-refractivity contribution in [1.82, 2.24) is 4.90 Å². The fourth-order valence-electron chi connectivity index (χ4n) is 3.60. The lowest BCUT2D eigenvalue weighted by molar-refractivity contribution is -0.114. The number of halogens is 2. The number of thioether (sulfide) groups is 1. The van der Waals surface area contributed by atoms with Crippen molar-refractivity contribution in [3.8, 4) is 5.75 Å². The third kappa shape index (κ3) is 4.40. The first-order valence-electron chi connectivity index (χ1n) is 10.3. The van der Waals surface area contributed by atoms with Crippen LogP contribution in [0.4, 0.5) is 0 Å². The lowest BCUT2D eigenvalue weighted by atomic mass is 10.1. The van der Waals surface area contributed by atoms with Gasteiger partial charge in [-0.25, -0.2) is 0 Å². The van der Waals surface area contributed by atoms with Crippen LogP contribution in [0.25, 0.3) is 11.8 Å². The molecule has 34 heavy (non-hydrogen) atoms. The molecule has 3 aromatic rings. The molecule has 2 aliphatic heterocycles. The Morgan fingerprint density at radius 3 is 2.50 bits per heavy atom. The highest BCUT2D eigenvalue weighted by Gasteiger charge is 2.36. The first kappa shape index (κ1) is 22.5. The van der Waals surface area contributed by atoms with E-state index in [2.05, 4.69) is 4.99 Å². The van der Waals surface area contributed by atoms with E-state index in [4.69, 9.17) is 33.3 Å². The standard InChI is InChI=1S/C26H17Cl2N3O2S/c27-21-10-5-11-22(28)20(21)14-33-18-9-4-6-16(12-18)13-19-24(29)31-23(17-7-2-1-3-8-17)15-34-26(31)30-25(19)32/h1-13,15,29H,14H2/b19-13-,29-24?. The van der Waals surface area contributed by atoms with Crippen LogP contribution in [-0.2, 0) is 11.4 Å². The molecular formula is C26H17Cl2N3O2S. The molecule has 0 radical (unpaired) electrons. The van der Waals surface area contributed by atoms with Gasteiger partial charge in [-0.1, -0.05) is 83.5 Å². The summed E-state index contributed by atoms with van der Waals surface area (Å²) in [6.07, 6.45) is 1.66. The number of aliphatic imine (C=N–C) groups is 1. The molecule has 2 heterocycles. The van der Waals surface area contributed by atoms with Gasteiger partial charge in [0.1, 0.15) is 18.2 Å². The Morgan fingerprint density at radius 1 is 1.00 bits per heavy atom. The molecular weight excluding hydrogens is 489 g/mol. The summed E-state index contributed by atoms with van der Waals surface area (Å²) in [5.74, 6) is 0.232. The molecule has 0 unspecified atom stereocenters. The van der Waals surface area contributed by atoms with Gasteiger partial charge in [-0.15, -0.1) is 0 Å². The number of amides is 1. The average molecular weight is 506 g/mol. The monoisotopic (exact) mass is 505 g/mol. The van der Waals surface area contributed by atoms with Crippen LogP contribution in [0.3, 0.4) is 0 Å². The van der Waals surface area contributed by atoms with Gasteiger partial charge in [0.25, 0.3) is 5.91 Å². The number of fused-ring (bicyclic) bond motifs is 1. The number of amidine groups is 2. The maximum atomic E-state index is 12.7. The van der Waals surface area contributed by atoms with Gasteiger partial charge in [-0.05, 0) is 41.5 Å². The maximum absolute atomic E-state index is 12.7. The summed E-state index contributed by atoms with van der Waals surface area (Å²) in [7, 11) is 0. The van der Waals surface area contributed by atoms with Crippen LogP contribution in [-0.4, -0.2) is 21.8 Å². The minimum atomic E-state index is -0.444. The highest BCUT2D eigenvalue weighted by Crippen LogP contribution is 2.37. The normalized spacial score (nSPS) is 16.4. The zero-order valence-electron chi connectivity index (χ0n) is 17.7. The zero-order valence-corrected chi connectivity index (χ0v) is 20.0. The van der Waals surface area contributed by atoms with Gasteiger partial charge in [0.2, 0.25) is 0 Å². The van der Waals surface area contributed by atoms with E-state index in [0.29, 0.717) is 32.1 Å². The van der Waals surface area contributed by atoms with E-state index >= 15 is 0 Å². The minimum absolute atomic E-state index is 0.0873. The molecule has 8 heteroatoms. The molecule has 5 nitrogen and oxygen atoms in total. The van der Waals surface area contributed by atoms with Crippen molar-refractivity contribution in [2.45, 2.75) is 6.61 Å². The number of nitrogens with one attached hydrogen (secondary N) is 1. The van der Waals surface area contributed by atoms with Crippen molar-refractivity contribution in [1.29, 1.82) is 5.41 Å². The second kappa shape index (κ2) is 9.50. The molecule has 0 saturated heterocycles. The number of carbonyl (C=O) groups excluding carboxylic acids is 1. The van der Waals surface area contributed by atoms with Gasteiger partial charge in [0.05, 0.1) is 11.3 Å². The van der Waals surface area contributed by atoms with Crippen LogP contribution >= 0.6 is 35.0 Å². The topological polar surface area (TPSA) is 65.8 Å². The van der Waals surface area contributed by atoms with Crippen LogP contribution in [0, 0.1) is 5.41 Å². The molecule has 0 fully saturated rings. The van der Waals surface area contributed by atoms with Gasteiger partial charge in [0, 0.05) is 21.0 Å². The summed E-state index contributed by atoms with van der Waals surface area (Å²) >= 11 is 13.8. The van der Waals surface area contributed by atoms with Crippen LogP contribution in [0.1, 0.15) is 16.7 Å². The predicted molar refractivity (Wildman–Crippen MR) is 139 cm³/mol. The molecule has 1 amide bonds. The van der Waals surface area contributed by atoms with Crippen molar-refractivity contribution >= 4 is 63.6 Å². The molecule has 0 aliphatic carbocycles. The highest BCUT2D eigenvalue weighted by atomic mass is 35.5. The first-order chi connectivity index (χ1) is 16.5. The number of rotatable bonds is 5. The summed E-state index contributed by atoms with van der Waals surface area (Å²) in [6.45, 7) is 0.206. The molecule has 0 atom stereocenters. The molecule has 5 rings (SSSR count). The molecule has 168 valence electrons. The second-order valence-electron chi connectivity index (χ2n) is 7.49. The minimum Gasteiger partial charge on any atom is -0.489 e. The Bertz CT molecular complexity index is 1380. The Balaban J connectivity index is 1.40. The van der Waals surface area contributed by atoms with Gasteiger partial charge in [0.15, 0.2) is 5.17 Å². The van der Waals surface area contributed by atoms with Gasteiger partial charge in [-0.3, -0.25) is 15.1 Å². The van der Waals surface area contributed by atoms with Gasteiger partial charge < -0.3 is 4.74 Å². The summed E-state index contributed by atoms with van der Waals surface area (Å²) in [6, 6.07) is 22.3. The Hall–Kier alpha value is -3.32. The second-order valence-corrected chi connectivity index (χ2v) is 9.14. The van der Waals surface area contributed by atoms with E-state index in [0.717, 1.165) is 11.3 Å². The van der Waals surface area contributed by atoms with Crippen LogP contribution in [0.15, 0.2) is 88.8 Å². The zero-order chi connectivity index (χ0) is 23.7. The smallest absolute Gasteiger partial charge is 0.283 e. The van der Waals surface area contributed by atoms with Crippen LogP contribution < -0.4 is 4.74 Å². The van der Waals surface area contributed by atoms with Crippen molar-refractivity contribution in [3.63, 3.8) is 0 Å².